The molecule has 0 bridgehead atoms. The number of piperazine rings is 1. The van der Waals surface area contributed by atoms with Gasteiger partial charge in [-0.15, -0.1) is 0 Å². The average Bonchev–Trinajstić information content (AvgIpc) is 2.53. The van der Waals surface area contributed by atoms with E-state index in [0.717, 1.165) is 30.5 Å². The molecule has 5 nitrogen and oxygen atoms in total. The SMILES string of the molecule is COc1ccc(Cl)cc1NC(=O)CSC(=S)N1CCN(C)CC1. The van der Waals surface area contributed by atoms with Gasteiger partial charge in [-0.1, -0.05) is 35.6 Å². The number of halogens is 1. The first-order valence-electron chi connectivity index (χ1n) is 7.23. The molecule has 1 fully saturated rings. The van der Waals surface area contributed by atoms with E-state index < -0.39 is 0 Å². The number of benzene rings is 1. The van der Waals surface area contributed by atoms with E-state index in [0.29, 0.717) is 16.5 Å². The molecule has 0 aromatic heterocycles. The van der Waals surface area contributed by atoms with E-state index in [1.807, 2.05) is 0 Å². The first kappa shape index (κ1) is 18.3. The molecule has 0 atom stereocenters. The fraction of sp³-hybridized carbons (Fsp3) is 0.467. The Kier molecular flexibility index (Phi) is 6.95. The highest BCUT2D eigenvalue weighted by Crippen LogP contribution is 2.27. The number of ether oxygens (including phenoxy) is 1. The summed E-state index contributed by atoms with van der Waals surface area (Å²) >= 11 is 12.7. The summed E-state index contributed by atoms with van der Waals surface area (Å²) in [5.41, 5.74) is 0.566. The van der Waals surface area contributed by atoms with E-state index in [1.165, 1.54) is 11.8 Å². The predicted octanol–water partition coefficient (Wildman–Crippen LogP) is 2.55. The van der Waals surface area contributed by atoms with Crippen LogP contribution in [0.2, 0.25) is 5.02 Å². The maximum atomic E-state index is 12.1. The molecule has 0 saturated carbocycles. The van der Waals surface area contributed by atoms with Gasteiger partial charge in [-0.2, -0.15) is 0 Å². The molecular formula is C15H20ClN3O2S2. The van der Waals surface area contributed by atoms with Crippen LogP contribution in [0.5, 0.6) is 5.75 Å². The zero-order valence-electron chi connectivity index (χ0n) is 13.2. The molecule has 1 N–H and O–H groups in total. The molecule has 126 valence electrons. The van der Waals surface area contributed by atoms with Crippen LogP contribution in [0.1, 0.15) is 0 Å². The van der Waals surface area contributed by atoms with Crippen LogP contribution in [-0.4, -0.2) is 66.1 Å². The summed E-state index contributed by atoms with van der Waals surface area (Å²) in [6, 6.07) is 5.11. The Morgan fingerprint density at radius 1 is 1.39 bits per heavy atom. The monoisotopic (exact) mass is 373 g/mol. The second-order valence-electron chi connectivity index (χ2n) is 5.24. The van der Waals surface area contributed by atoms with Crippen LogP contribution in [0.3, 0.4) is 0 Å². The Morgan fingerprint density at radius 3 is 2.74 bits per heavy atom. The summed E-state index contributed by atoms with van der Waals surface area (Å²) < 4.78 is 5.98. The summed E-state index contributed by atoms with van der Waals surface area (Å²) in [5, 5.41) is 3.36. The van der Waals surface area contributed by atoms with E-state index in [-0.39, 0.29) is 11.7 Å². The quantitative estimate of drug-likeness (QED) is 0.818. The van der Waals surface area contributed by atoms with Crippen LogP contribution in [0.4, 0.5) is 5.69 Å². The Balaban J connectivity index is 1.83. The fourth-order valence-electron chi connectivity index (χ4n) is 2.17. The van der Waals surface area contributed by atoms with E-state index in [4.69, 9.17) is 28.6 Å². The molecule has 1 amide bonds. The number of nitrogens with one attached hydrogen (secondary N) is 1. The number of anilines is 1. The molecule has 0 aliphatic carbocycles. The lowest BCUT2D eigenvalue weighted by atomic mass is 10.3. The summed E-state index contributed by atoms with van der Waals surface area (Å²) in [7, 11) is 3.65. The fourth-order valence-corrected chi connectivity index (χ4v) is 3.40. The molecule has 1 aliphatic rings. The second kappa shape index (κ2) is 8.73. The number of nitrogens with zero attached hydrogens (tertiary/aromatic N) is 2. The molecule has 1 heterocycles. The predicted molar refractivity (Wildman–Crippen MR) is 101 cm³/mol. The van der Waals surface area contributed by atoms with Gasteiger partial charge in [0.15, 0.2) is 0 Å². The molecule has 0 unspecified atom stereocenters. The molecule has 0 radical (unpaired) electrons. The number of thiocarbonyl (C=S) groups is 1. The van der Waals surface area contributed by atoms with Gasteiger partial charge >= 0.3 is 0 Å². The van der Waals surface area contributed by atoms with Gasteiger partial charge in [0.05, 0.1) is 18.6 Å². The Bertz CT molecular complexity index is 578. The second-order valence-corrected chi connectivity index (χ2v) is 7.28. The number of carbonyl (C=O) groups is 1. The van der Waals surface area contributed by atoms with Gasteiger partial charge < -0.3 is 19.9 Å². The number of thioether (sulfide) groups is 1. The van der Waals surface area contributed by atoms with Gasteiger partial charge in [0.1, 0.15) is 10.1 Å². The van der Waals surface area contributed by atoms with Crippen molar-refractivity contribution in [1.29, 1.82) is 0 Å². The lowest BCUT2D eigenvalue weighted by Crippen LogP contribution is -2.46. The van der Waals surface area contributed by atoms with Crippen molar-refractivity contribution in [2.75, 3.05) is 51.4 Å². The maximum Gasteiger partial charge on any atom is 0.234 e. The Morgan fingerprint density at radius 2 is 2.09 bits per heavy atom. The summed E-state index contributed by atoms with van der Waals surface area (Å²) in [6.07, 6.45) is 0. The molecule has 1 aliphatic heterocycles. The van der Waals surface area contributed by atoms with E-state index in [2.05, 4.69) is 22.2 Å². The number of carbonyl (C=O) groups excluding carboxylic acids is 1. The highest BCUT2D eigenvalue weighted by atomic mass is 35.5. The highest BCUT2D eigenvalue weighted by molar-refractivity contribution is 8.23. The Hall–Kier alpha value is -1.02. The molecule has 1 saturated heterocycles. The summed E-state index contributed by atoms with van der Waals surface area (Å²) in [6.45, 7) is 3.80. The number of hydrogen-bond acceptors (Lipinski definition) is 5. The zero-order valence-corrected chi connectivity index (χ0v) is 15.6. The highest BCUT2D eigenvalue weighted by Gasteiger charge is 2.17. The largest absolute Gasteiger partial charge is 0.495 e. The average molecular weight is 374 g/mol. The zero-order chi connectivity index (χ0) is 16.8. The van der Waals surface area contributed by atoms with Crippen molar-refractivity contribution in [3.63, 3.8) is 0 Å². The third-order valence-corrected chi connectivity index (χ3v) is 5.28. The number of hydrogen-bond donors (Lipinski definition) is 1. The third kappa shape index (κ3) is 5.53. The van der Waals surface area contributed by atoms with Crippen LogP contribution in [0.15, 0.2) is 18.2 Å². The summed E-state index contributed by atoms with van der Waals surface area (Å²) in [4.78, 5) is 16.5. The van der Waals surface area contributed by atoms with Crippen molar-refractivity contribution >= 4 is 51.5 Å². The maximum absolute atomic E-state index is 12.1. The number of methoxy groups -OCH3 is 1. The molecule has 23 heavy (non-hydrogen) atoms. The van der Waals surface area contributed by atoms with E-state index >= 15 is 0 Å². The number of amides is 1. The smallest absolute Gasteiger partial charge is 0.234 e. The van der Waals surface area contributed by atoms with E-state index in [9.17, 15) is 4.79 Å². The minimum absolute atomic E-state index is 0.132. The number of likely N-dealkylation sites (N-methyl/N-ethyl adjacent to an activating group) is 1. The van der Waals surface area contributed by atoms with Crippen molar-refractivity contribution in [3.8, 4) is 5.75 Å². The Labute approximate surface area is 151 Å². The van der Waals surface area contributed by atoms with Crippen molar-refractivity contribution in [1.82, 2.24) is 9.80 Å². The first-order valence-corrected chi connectivity index (χ1v) is 9.00. The van der Waals surface area contributed by atoms with Crippen molar-refractivity contribution in [2.45, 2.75) is 0 Å². The molecule has 8 heteroatoms. The lowest BCUT2D eigenvalue weighted by Gasteiger charge is -2.33. The van der Waals surface area contributed by atoms with Gasteiger partial charge in [-0.25, -0.2) is 0 Å². The van der Waals surface area contributed by atoms with Crippen molar-refractivity contribution in [3.05, 3.63) is 23.2 Å². The van der Waals surface area contributed by atoms with Gasteiger partial charge in [0.25, 0.3) is 0 Å². The minimum atomic E-state index is -0.132. The minimum Gasteiger partial charge on any atom is -0.495 e. The molecule has 1 aromatic carbocycles. The molecule has 0 spiro atoms. The van der Waals surface area contributed by atoms with Crippen molar-refractivity contribution in [2.24, 2.45) is 0 Å². The van der Waals surface area contributed by atoms with E-state index in [1.54, 1.807) is 25.3 Å². The third-order valence-electron chi connectivity index (χ3n) is 3.52. The standard InChI is InChI=1S/C15H20ClN3O2S2/c1-18-5-7-19(8-6-18)15(22)23-10-14(20)17-12-9-11(16)3-4-13(12)21-2/h3-4,9H,5-8,10H2,1-2H3,(H,17,20). The van der Waals surface area contributed by atoms with Gasteiger partial charge in [-0.05, 0) is 25.2 Å². The normalized spacial score (nSPS) is 15.3. The number of rotatable bonds is 4. The van der Waals surface area contributed by atoms with Gasteiger partial charge in [0, 0.05) is 31.2 Å². The van der Waals surface area contributed by atoms with Crippen LogP contribution < -0.4 is 10.1 Å². The van der Waals surface area contributed by atoms with Crippen LogP contribution >= 0.6 is 35.6 Å². The van der Waals surface area contributed by atoms with Crippen molar-refractivity contribution < 1.29 is 9.53 Å². The van der Waals surface area contributed by atoms with Gasteiger partial charge in [0.2, 0.25) is 5.91 Å². The van der Waals surface area contributed by atoms with Crippen LogP contribution in [0.25, 0.3) is 0 Å². The first-order chi connectivity index (χ1) is 11.0. The van der Waals surface area contributed by atoms with Crippen LogP contribution in [0, 0.1) is 0 Å². The van der Waals surface area contributed by atoms with Gasteiger partial charge in [-0.3, -0.25) is 4.79 Å². The molecular weight excluding hydrogens is 354 g/mol. The molecule has 2 rings (SSSR count). The summed E-state index contributed by atoms with van der Waals surface area (Å²) in [5.74, 6) is 0.710. The lowest BCUT2D eigenvalue weighted by molar-refractivity contribution is -0.113. The van der Waals surface area contributed by atoms with Crippen LogP contribution in [-0.2, 0) is 4.79 Å². The topological polar surface area (TPSA) is 44.8 Å². The molecule has 1 aromatic rings.